The molecule has 0 bridgehead atoms. The Kier molecular flexibility index (Phi) is 5.34. The highest BCUT2D eigenvalue weighted by atomic mass is 16.5. The van der Waals surface area contributed by atoms with Crippen molar-refractivity contribution in [3.05, 3.63) is 12.3 Å². The first-order chi connectivity index (χ1) is 6.06. The van der Waals surface area contributed by atoms with Crippen molar-refractivity contribution in [3.8, 4) is 0 Å². The highest BCUT2D eigenvalue weighted by Crippen LogP contribution is 1.88. The van der Waals surface area contributed by atoms with E-state index in [1.807, 2.05) is 0 Å². The highest BCUT2D eigenvalue weighted by molar-refractivity contribution is 5.81. The quantitative estimate of drug-likeness (QED) is 0.449. The minimum Gasteiger partial charge on any atom is -0.466 e. The molecule has 0 aliphatic carbocycles. The summed E-state index contributed by atoms with van der Waals surface area (Å²) in [5.41, 5.74) is 4.96. The van der Waals surface area contributed by atoms with Crippen LogP contribution in [0.1, 0.15) is 13.3 Å². The van der Waals surface area contributed by atoms with Gasteiger partial charge in [0, 0.05) is 24.7 Å². The molecule has 0 saturated carbocycles. The van der Waals surface area contributed by atoms with E-state index in [4.69, 9.17) is 5.73 Å². The summed E-state index contributed by atoms with van der Waals surface area (Å²) in [6, 6.07) is -0.0848. The zero-order valence-electron chi connectivity index (χ0n) is 7.74. The third-order valence-electron chi connectivity index (χ3n) is 1.31. The standard InChI is InChI=1S/C8H14N2O3/c1-6(5-7(9)11)10-4-3-8(12)13-2/h3-4,6,10H,5H2,1-2H3,(H2,9,11)/b4-3+. The molecule has 0 saturated heterocycles. The van der Waals surface area contributed by atoms with E-state index < -0.39 is 5.97 Å². The molecule has 13 heavy (non-hydrogen) atoms. The summed E-state index contributed by atoms with van der Waals surface area (Å²) in [6.07, 6.45) is 2.89. The van der Waals surface area contributed by atoms with Gasteiger partial charge in [-0.1, -0.05) is 0 Å². The second-order valence-corrected chi connectivity index (χ2v) is 2.59. The maximum Gasteiger partial charge on any atom is 0.331 e. The van der Waals surface area contributed by atoms with Gasteiger partial charge >= 0.3 is 5.97 Å². The van der Waals surface area contributed by atoms with Crippen molar-refractivity contribution in [3.63, 3.8) is 0 Å². The Morgan fingerprint density at radius 1 is 1.62 bits per heavy atom. The second kappa shape index (κ2) is 6.05. The number of primary amides is 1. The van der Waals surface area contributed by atoms with Gasteiger partial charge in [-0.15, -0.1) is 0 Å². The molecule has 0 aromatic heterocycles. The molecule has 74 valence electrons. The maximum atomic E-state index is 10.6. The Hall–Kier alpha value is -1.52. The number of carbonyl (C=O) groups excluding carboxylic acids is 2. The van der Waals surface area contributed by atoms with E-state index in [1.54, 1.807) is 6.92 Å². The van der Waals surface area contributed by atoms with Crippen LogP contribution in [0.5, 0.6) is 0 Å². The van der Waals surface area contributed by atoms with E-state index in [2.05, 4.69) is 10.1 Å². The molecule has 0 aromatic rings. The number of hydrogen-bond acceptors (Lipinski definition) is 4. The Labute approximate surface area is 76.9 Å². The van der Waals surface area contributed by atoms with Crippen LogP contribution in [0.15, 0.2) is 12.3 Å². The van der Waals surface area contributed by atoms with Crippen LogP contribution >= 0.6 is 0 Å². The molecular formula is C8H14N2O3. The number of hydrogen-bond donors (Lipinski definition) is 2. The third-order valence-corrected chi connectivity index (χ3v) is 1.31. The van der Waals surface area contributed by atoms with Gasteiger partial charge in [-0.05, 0) is 6.92 Å². The van der Waals surface area contributed by atoms with E-state index in [-0.39, 0.29) is 18.4 Å². The summed E-state index contributed by atoms with van der Waals surface area (Å²) in [7, 11) is 1.29. The number of methoxy groups -OCH3 is 1. The first kappa shape index (κ1) is 11.5. The molecule has 5 heteroatoms. The molecule has 0 fully saturated rings. The monoisotopic (exact) mass is 186 g/mol. The molecule has 0 spiro atoms. The summed E-state index contributed by atoms with van der Waals surface area (Å²) < 4.78 is 4.36. The summed E-state index contributed by atoms with van der Waals surface area (Å²) >= 11 is 0. The maximum absolute atomic E-state index is 10.6. The summed E-state index contributed by atoms with van der Waals surface area (Å²) in [4.78, 5) is 21.0. The predicted octanol–water partition coefficient (Wildman–Crippen LogP) is -0.473. The van der Waals surface area contributed by atoms with Gasteiger partial charge in [0.1, 0.15) is 0 Å². The largest absolute Gasteiger partial charge is 0.466 e. The van der Waals surface area contributed by atoms with Gasteiger partial charge in [0.05, 0.1) is 7.11 Å². The van der Waals surface area contributed by atoms with Crippen LogP contribution in [0, 0.1) is 0 Å². The minimum atomic E-state index is -0.446. The predicted molar refractivity (Wildman–Crippen MR) is 47.6 cm³/mol. The van der Waals surface area contributed by atoms with Gasteiger partial charge in [0.25, 0.3) is 0 Å². The number of esters is 1. The van der Waals surface area contributed by atoms with Crippen molar-refractivity contribution in [2.45, 2.75) is 19.4 Å². The first-order valence-electron chi connectivity index (χ1n) is 3.85. The smallest absolute Gasteiger partial charge is 0.331 e. The lowest BCUT2D eigenvalue weighted by Gasteiger charge is -2.07. The Morgan fingerprint density at radius 2 is 2.23 bits per heavy atom. The molecular weight excluding hydrogens is 172 g/mol. The molecule has 1 amide bonds. The number of nitrogens with one attached hydrogen (secondary N) is 1. The van der Waals surface area contributed by atoms with Crippen LogP contribution in [0.25, 0.3) is 0 Å². The average molecular weight is 186 g/mol. The van der Waals surface area contributed by atoms with Crippen LogP contribution < -0.4 is 11.1 Å². The molecule has 5 nitrogen and oxygen atoms in total. The lowest BCUT2D eigenvalue weighted by Crippen LogP contribution is -2.27. The van der Waals surface area contributed by atoms with Gasteiger partial charge in [-0.3, -0.25) is 4.79 Å². The minimum absolute atomic E-state index is 0.0848. The molecule has 0 aliphatic rings. The molecule has 0 aromatic carbocycles. The Balaban J connectivity index is 3.68. The highest BCUT2D eigenvalue weighted by Gasteiger charge is 2.02. The fourth-order valence-corrected chi connectivity index (χ4v) is 0.709. The van der Waals surface area contributed by atoms with E-state index in [0.29, 0.717) is 0 Å². The van der Waals surface area contributed by atoms with Gasteiger partial charge in [-0.25, -0.2) is 4.79 Å². The fraction of sp³-hybridized carbons (Fsp3) is 0.500. The summed E-state index contributed by atoms with van der Waals surface area (Å²) in [5.74, 6) is -0.828. The second-order valence-electron chi connectivity index (χ2n) is 2.59. The van der Waals surface area contributed by atoms with Crippen LogP contribution in [-0.4, -0.2) is 25.0 Å². The molecule has 0 aliphatic heterocycles. The van der Waals surface area contributed by atoms with Crippen LogP contribution in [0.3, 0.4) is 0 Å². The lowest BCUT2D eigenvalue weighted by molar-refractivity contribution is -0.134. The van der Waals surface area contributed by atoms with Gasteiger partial charge < -0.3 is 15.8 Å². The van der Waals surface area contributed by atoms with Crippen molar-refractivity contribution >= 4 is 11.9 Å². The van der Waals surface area contributed by atoms with Crippen LogP contribution in [-0.2, 0) is 14.3 Å². The van der Waals surface area contributed by atoms with E-state index in [9.17, 15) is 9.59 Å². The number of amides is 1. The molecule has 0 rings (SSSR count). The van der Waals surface area contributed by atoms with Crippen molar-refractivity contribution < 1.29 is 14.3 Å². The molecule has 1 unspecified atom stereocenters. The molecule has 1 atom stereocenters. The Bertz CT molecular complexity index is 213. The molecule has 3 N–H and O–H groups in total. The SMILES string of the molecule is COC(=O)/C=C/NC(C)CC(N)=O. The van der Waals surface area contributed by atoms with E-state index >= 15 is 0 Å². The van der Waals surface area contributed by atoms with Crippen molar-refractivity contribution in [2.75, 3.05) is 7.11 Å². The average Bonchev–Trinajstić information content (AvgIpc) is 2.02. The van der Waals surface area contributed by atoms with Crippen LogP contribution in [0.2, 0.25) is 0 Å². The first-order valence-corrected chi connectivity index (χ1v) is 3.85. The topological polar surface area (TPSA) is 81.4 Å². The normalized spacial score (nSPS) is 12.5. The number of ether oxygens (including phenoxy) is 1. The number of carbonyl (C=O) groups is 2. The lowest BCUT2D eigenvalue weighted by atomic mass is 10.2. The van der Waals surface area contributed by atoms with Crippen molar-refractivity contribution in [1.82, 2.24) is 5.32 Å². The van der Waals surface area contributed by atoms with E-state index in [0.717, 1.165) is 0 Å². The summed E-state index contributed by atoms with van der Waals surface area (Å²) in [5, 5.41) is 2.80. The zero-order chi connectivity index (χ0) is 10.3. The third kappa shape index (κ3) is 6.86. The van der Waals surface area contributed by atoms with Gasteiger partial charge in [0.2, 0.25) is 5.91 Å². The van der Waals surface area contributed by atoms with Crippen LogP contribution in [0.4, 0.5) is 0 Å². The molecule has 0 heterocycles. The van der Waals surface area contributed by atoms with Gasteiger partial charge in [-0.2, -0.15) is 0 Å². The van der Waals surface area contributed by atoms with Gasteiger partial charge in [0.15, 0.2) is 0 Å². The van der Waals surface area contributed by atoms with Crippen molar-refractivity contribution in [2.24, 2.45) is 5.73 Å². The number of nitrogens with two attached hydrogens (primary N) is 1. The summed E-state index contributed by atoms with van der Waals surface area (Å²) in [6.45, 7) is 1.78. The zero-order valence-corrected chi connectivity index (χ0v) is 7.74. The van der Waals surface area contributed by atoms with E-state index in [1.165, 1.54) is 19.4 Å². The molecule has 0 radical (unpaired) electrons. The fourth-order valence-electron chi connectivity index (χ4n) is 0.709. The number of rotatable bonds is 5. The van der Waals surface area contributed by atoms with Crippen molar-refractivity contribution in [1.29, 1.82) is 0 Å². The Morgan fingerprint density at radius 3 is 2.69 bits per heavy atom.